The number of phenolic OH excluding ortho intramolecular Hbond substituents is 1. The van der Waals surface area contributed by atoms with Gasteiger partial charge in [-0.05, 0) is 37.8 Å². The minimum Gasteiger partial charge on any atom is -0.507 e. The van der Waals surface area contributed by atoms with Crippen LogP contribution in [0.1, 0.15) is 30.4 Å². The van der Waals surface area contributed by atoms with Crippen molar-refractivity contribution in [3.63, 3.8) is 0 Å². The summed E-state index contributed by atoms with van der Waals surface area (Å²) in [7, 11) is 1.56. The van der Waals surface area contributed by atoms with Gasteiger partial charge in [0.05, 0.1) is 7.11 Å². The van der Waals surface area contributed by atoms with E-state index in [9.17, 15) is 9.90 Å². The Balaban J connectivity index is 2.52. The van der Waals surface area contributed by atoms with E-state index in [2.05, 4.69) is 4.99 Å². The zero-order valence-electron chi connectivity index (χ0n) is 9.99. The Hall–Kier alpha value is -1.80. The molecule has 1 N–H and O–H groups in total. The Labute approximate surface area is 99.9 Å². The monoisotopic (exact) mass is 233 g/mol. The maximum absolute atomic E-state index is 10.5. The van der Waals surface area contributed by atoms with Crippen LogP contribution in [0, 0.1) is 6.92 Å². The van der Waals surface area contributed by atoms with Crippen LogP contribution in [0.5, 0.6) is 11.5 Å². The van der Waals surface area contributed by atoms with Gasteiger partial charge in [-0.15, -0.1) is 0 Å². The summed E-state index contributed by atoms with van der Waals surface area (Å²) < 4.78 is 5.14. The lowest BCUT2D eigenvalue weighted by molar-refractivity contribution is 0.247. The van der Waals surface area contributed by atoms with Crippen molar-refractivity contribution in [3.05, 3.63) is 23.3 Å². The van der Waals surface area contributed by atoms with Gasteiger partial charge in [-0.25, -0.2) is 4.79 Å². The van der Waals surface area contributed by atoms with E-state index in [0.29, 0.717) is 11.3 Å². The standard InChI is InChI=1S/C13H15NO3/c1-9-6-10(11(16)7-12(9)17-2)13(14-8-15)4-3-5-13/h6-7,16H,3-5H2,1-2H3. The molecule has 0 amide bonds. The first kappa shape index (κ1) is 11.7. The molecule has 0 bridgehead atoms. The zero-order valence-corrected chi connectivity index (χ0v) is 9.99. The van der Waals surface area contributed by atoms with Crippen LogP contribution in [0.3, 0.4) is 0 Å². The Bertz CT molecular complexity index is 486. The summed E-state index contributed by atoms with van der Waals surface area (Å²) in [6, 6.07) is 3.42. The highest BCUT2D eigenvalue weighted by Crippen LogP contribution is 2.49. The second kappa shape index (κ2) is 4.22. The third-order valence-corrected chi connectivity index (χ3v) is 3.45. The van der Waals surface area contributed by atoms with Crippen LogP contribution in [0.25, 0.3) is 0 Å². The highest BCUT2D eigenvalue weighted by atomic mass is 16.5. The lowest BCUT2D eigenvalue weighted by Gasteiger charge is -2.37. The van der Waals surface area contributed by atoms with Crippen molar-refractivity contribution in [2.24, 2.45) is 4.99 Å². The zero-order chi connectivity index (χ0) is 12.5. The van der Waals surface area contributed by atoms with Crippen LogP contribution in [-0.4, -0.2) is 18.3 Å². The minimum atomic E-state index is -0.567. The van der Waals surface area contributed by atoms with Gasteiger partial charge in [0.1, 0.15) is 17.0 Å². The molecular weight excluding hydrogens is 218 g/mol. The fraction of sp³-hybridized carbons (Fsp3) is 0.462. The number of nitrogens with zero attached hydrogens (tertiary/aromatic N) is 1. The molecule has 0 spiro atoms. The highest BCUT2D eigenvalue weighted by Gasteiger charge is 2.41. The van der Waals surface area contributed by atoms with Gasteiger partial charge in [0.2, 0.25) is 6.08 Å². The SMILES string of the molecule is COc1cc(O)c(C2(N=C=O)CCC2)cc1C. The molecular formula is C13H15NO3. The lowest BCUT2D eigenvalue weighted by atomic mass is 9.71. The van der Waals surface area contributed by atoms with Gasteiger partial charge in [-0.1, -0.05) is 0 Å². The molecule has 90 valence electrons. The predicted molar refractivity (Wildman–Crippen MR) is 63.0 cm³/mol. The molecule has 17 heavy (non-hydrogen) atoms. The maximum atomic E-state index is 10.5. The van der Waals surface area contributed by atoms with Crippen LogP contribution >= 0.6 is 0 Å². The number of carbonyl (C=O) groups excluding carboxylic acids is 1. The highest BCUT2D eigenvalue weighted by molar-refractivity contribution is 5.51. The van der Waals surface area contributed by atoms with E-state index < -0.39 is 5.54 Å². The van der Waals surface area contributed by atoms with Crippen LogP contribution < -0.4 is 4.74 Å². The van der Waals surface area contributed by atoms with Crippen molar-refractivity contribution in [2.45, 2.75) is 31.7 Å². The number of hydrogen-bond acceptors (Lipinski definition) is 4. The molecule has 1 fully saturated rings. The molecule has 4 nitrogen and oxygen atoms in total. The summed E-state index contributed by atoms with van der Waals surface area (Å²) in [6.07, 6.45) is 4.19. The summed E-state index contributed by atoms with van der Waals surface area (Å²) >= 11 is 0. The van der Waals surface area contributed by atoms with Crippen LogP contribution in [0.2, 0.25) is 0 Å². The quantitative estimate of drug-likeness (QED) is 0.644. The number of methoxy groups -OCH3 is 1. The molecule has 0 radical (unpaired) electrons. The van der Waals surface area contributed by atoms with Crippen LogP contribution in [-0.2, 0) is 10.3 Å². The van der Waals surface area contributed by atoms with Gasteiger partial charge >= 0.3 is 0 Å². The molecule has 1 aliphatic rings. The molecule has 0 aromatic heterocycles. The number of aryl methyl sites for hydroxylation is 1. The molecule has 1 saturated carbocycles. The number of benzene rings is 1. The molecule has 0 atom stereocenters. The predicted octanol–water partition coefficient (Wildman–Crippen LogP) is 2.42. The van der Waals surface area contributed by atoms with Crippen LogP contribution in [0.4, 0.5) is 0 Å². The van der Waals surface area contributed by atoms with Crippen molar-refractivity contribution >= 4 is 6.08 Å². The summed E-state index contributed by atoms with van der Waals surface area (Å²) in [5, 5.41) is 10.0. The third-order valence-electron chi connectivity index (χ3n) is 3.45. The summed E-state index contributed by atoms with van der Waals surface area (Å²) in [5.74, 6) is 0.766. The summed E-state index contributed by atoms with van der Waals surface area (Å²) in [4.78, 5) is 14.4. The first-order valence-electron chi connectivity index (χ1n) is 5.60. The Morgan fingerprint density at radius 3 is 2.65 bits per heavy atom. The van der Waals surface area contributed by atoms with Gasteiger partial charge < -0.3 is 9.84 Å². The molecule has 2 rings (SSSR count). The van der Waals surface area contributed by atoms with E-state index >= 15 is 0 Å². The Kier molecular flexibility index (Phi) is 2.90. The third kappa shape index (κ3) is 1.81. The van der Waals surface area contributed by atoms with Crippen molar-refractivity contribution in [1.82, 2.24) is 0 Å². The van der Waals surface area contributed by atoms with E-state index in [1.165, 1.54) is 0 Å². The van der Waals surface area contributed by atoms with Crippen molar-refractivity contribution in [3.8, 4) is 11.5 Å². The van der Waals surface area contributed by atoms with Gasteiger partial charge in [-0.2, -0.15) is 4.99 Å². The van der Waals surface area contributed by atoms with E-state index in [1.807, 2.05) is 13.0 Å². The molecule has 1 aromatic carbocycles. The van der Waals surface area contributed by atoms with Crippen LogP contribution in [0.15, 0.2) is 17.1 Å². The lowest BCUT2D eigenvalue weighted by Crippen LogP contribution is -2.32. The number of hydrogen-bond donors (Lipinski definition) is 1. The maximum Gasteiger partial charge on any atom is 0.235 e. The number of isocyanates is 1. The second-order valence-corrected chi connectivity index (χ2v) is 4.43. The largest absolute Gasteiger partial charge is 0.507 e. The number of aromatic hydroxyl groups is 1. The number of ether oxygens (including phenoxy) is 1. The number of aliphatic imine (C=N–C) groups is 1. The minimum absolute atomic E-state index is 0.131. The average Bonchev–Trinajstić information content (AvgIpc) is 2.26. The smallest absolute Gasteiger partial charge is 0.235 e. The normalized spacial score (nSPS) is 16.8. The molecule has 0 heterocycles. The number of phenols is 1. The van der Waals surface area contributed by atoms with E-state index in [4.69, 9.17) is 4.74 Å². The molecule has 0 aliphatic heterocycles. The second-order valence-electron chi connectivity index (χ2n) is 4.43. The Morgan fingerprint density at radius 1 is 1.47 bits per heavy atom. The number of rotatable bonds is 3. The first-order chi connectivity index (χ1) is 8.13. The summed E-state index contributed by atoms with van der Waals surface area (Å²) in [5.41, 5.74) is 1.06. The topological polar surface area (TPSA) is 58.9 Å². The van der Waals surface area contributed by atoms with Gasteiger partial charge in [0.15, 0.2) is 0 Å². The van der Waals surface area contributed by atoms with Crippen molar-refractivity contribution in [1.29, 1.82) is 0 Å². The van der Waals surface area contributed by atoms with Crippen molar-refractivity contribution < 1.29 is 14.6 Å². The van der Waals surface area contributed by atoms with Crippen molar-refractivity contribution in [2.75, 3.05) is 7.11 Å². The van der Waals surface area contributed by atoms with E-state index in [0.717, 1.165) is 24.8 Å². The fourth-order valence-electron chi connectivity index (χ4n) is 2.31. The molecule has 1 aromatic rings. The van der Waals surface area contributed by atoms with E-state index in [1.54, 1.807) is 19.3 Å². The molecule has 0 unspecified atom stereocenters. The van der Waals surface area contributed by atoms with E-state index in [-0.39, 0.29) is 5.75 Å². The van der Waals surface area contributed by atoms with Gasteiger partial charge in [0, 0.05) is 11.6 Å². The average molecular weight is 233 g/mol. The first-order valence-corrected chi connectivity index (χ1v) is 5.60. The summed E-state index contributed by atoms with van der Waals surface area (Å²) in [6.45, 7) is 1.90. The Morgan fingerprint density at radius 2 is 2.18 bits per heavy atom. The fourth-order valence-corrected chi connectivity index (χ4v) is 2.31. The molecule has 0 saturated heterocycles. The molecule has 4 heteroatoms. The van der Waals surface area contributed by atoms with Gasteiger partial charge in [-0.3, -0.25) is 0 Å². The molecule has 1 aliphatic carbocycles. The van der Waals surface area contributed by atoms with Gasteiger partial charge in [0.25, 0.3) is 0 Å².